The molecule has 1 heterocycles. The zero-order valence-corrected chi connectivity index (χ0v) is 15.3. The SMILES string of the molecule is CC(=CN1CCCC1CC1CCCCC1)c1cccc(Br)c1. The summed E-state index contributed by atoms with van der Waals surface area (Å²) in [6.07, 6.45) is 13.9. The molecule has 1 aliphatic carbocycles. The van der Waals surface area contributed by atoms with E-state index in [0.29, 0.717) is 0 Å². The van der Waals surface area contributed by atoms with Crippen LogP contribution in [0.25, 0.3) is 5.57 Å². The second kappa shape index (κ2) is 7.68. The lowest BCUT2D eigenvalue weighted by atomic mass is 9.84. The van der Waals surface area contributed by atoms with Crippen LogP contribution in [-0.2, 0) is 0 Å². The lowest BCUT2D eigenvalue weighted by molar-refractivity contribution is 0.247. The van der Waals surface area contributed by atoms with Gasteiger partial charge in [-0.3, -0.25) is 0 Å². The summed E-state index contributed by atoms with van der Waals surface area (Å²) in [6, 6.07) is 9.43. The molecule has 0 amide bonds. The number of rotatable bonds is 4. The summed E-state index contributed by atoms with van der Waals surface area (Å²) in [5.74, 6) is 0.985. The predicted octanol–water partition coefficient (Wildman–Crippen LogP) is 6.24. The molecule has 3 rings (SSSR count). The monoisotopic (exact) mass is 361 g/mol. The van der Waals surface area contributed by atoms with E-state index in [0.717, 1.165) is 16.4 Å². The third-order valence-corrected chi connectivity index (χ3v) is 5.89. The highest BCUT2D eigenvalue weighted by Crippen LogP contribution is 2.33. The van der Waals surface area contributed by atoms with Gasteiger partial charge in [-0.2, -0.15) is 0 Å². The summed E-state index contributed by atoms with van der Waals surface area (Å²) in [5.41, 5.74) is 2.72. The van der Waals surface area contributed by atoms with Crippen LogP contribution in [-0.4, -0.2) is 17.5 Å². The Morgan fingerprint density at radius 1 is 1.18 bits per heavy atom. The quantitative estimate of drug-likeness (QED) is 0.612. The van der Waals surface area contributed by atoms with E-state index in [4.69, 9.17) is 0 Å². The molecule has 0 radical (unpaired) electrons. The van der Waals surface area contributed by atoms with Gasteiger partial charge in [-0.25, -0.2) is 0 Å². The fourth-order valence-corrected chi connectivity index (χ4v) is 4.54. The molecule has 1 saturated heterocycles. The highest BCUT2D eigenvalue weighted by Gasteiger charge is 2.26. The summed E-state index contributed by atoms with van der Waals surface area (Å²) in [6.45, 7) is 3.49. The van der Waals surface area contributed by atoms with Gasteiger partial charge in [-0.05, 0) is 55.4 Å². The molecule has 1 aromatic rings. The maximum atomic E-state index is 3.58. The van der Waals surface area contributed by atoms with Crippen molar-refractivity contribution in [3.63, 3.8) is 0 Å². The zero-order valence-electron chi connectivity index (χ0n) is 13.7. The van der Waals surface area contributed by atoms with Crippen molar-refractivity contribution in [3.8, 4) is 0 Å². The number of likely N-dealkylation sites (tertiary alicyclic amines) is 1. The second-order valence-electron chi connectivity index (χ2n) is 7.10. The van der Waals surface area contributed by atoms with Crippen molar-refractivity contribution < 1.29 is 0 Å². The van der Waals surface area contributed by atoms with Crippen molar-refractivity contribution >= 4 is 21.5 Å². The number of allylic oxidation sites excluding steroid dienone is 1. The molecule has 1 atom stereocenters. The third-order valence-electron chi connectivity index (χ3n) is 5.39. The van der Waals surface area contributed by atoms with Gasteiger partial charge in [0.15, 0.2) is 0 Å². The first-order chi connectivity index (χ1) is 10.7. The van der Waals surface area contributed by atoms with Crippen LogP contribution in [0.5, 0.6) is 0 Å². The van der Waals surface area contributed by atoms with Crippen LogP contribution in [0, 0.1) is 5.92 Å². The van der Waals surface area contributed by atoms with E-state index < -0.39 is 0 Å². The first-order valence-corrected chi connectivity index (χ1v) is 9.72. The van der Waals surface area contributed by atoms with Crippen LogP contribution in [0.3, 0.4) is 0 Å². The van der Waals surface area contributed by atoms with Gasteiger partial charge in [-0.1, -0.05) is 60.2 Å². The summed E-state index contributed by atoms with van der Waals surface area (Å²) in [5, 5.41) is 0. The van der Waals surface area contributed by atoms with Gasteiger partial charge in [0.25, 0.3) is 0 Å². The fraction of sp³-hybridized carbons (Fsp3) is 0.600. The van der Waals surface area contributed by atoms with Crippen LogP contribution in [0.1, 0.15) is 63.9 Å². The summed E-state index contributed by atoms with van der Waals surface area (Å²) >= 11 is 3.58. The number of halogens is 1. The highest BCUT2D eigenvalue weighted by molar-refractivity contribution is 9.10. The molecule has 1 aliphatic heterocycles. The van der Waals surface area contributed by atoms with E-state index in [1.165, 1.54) is 69.0 Å². The molecule has 0 N–H and O–H groups in total. The molecule has 0 spiro atoms. The topological polar surface area (TPSA) is 3.24 Å². The third kappa shape index (κ3) is 4.16. The highest BCUT2D eigenvalue weighted by atomic mass is 79.9. The van der Waals surface area contributed by atoms with E-state index >= 15 is 0 Å². The van der Waals surface area contributed by atoms with Crippen LogP contribution in [0.15, 0.2) is 34.9 Å². The molecule has 0 bridgehead atoms. The van der Waals surface area contributed by atoms with Gasteiger partial charge in [0.05, 0.1) is 0 Å². The molecule has 0 aromatic heterocycles. The Morgan fingerprint density at radius 3 is 2.77 bits per heavy atom. The van der Waals surface area contributed by atoms with Crippen LogP contribution in [0.2, 0.25) is 0 Å². The van der Waals surface area contributed by atoms with Crippen LogP contribution < -0.4 is 0 Å². The lowest BCUT2D eigenvalue weighted by Gasteiger charge is -2.30. The molecule has 1 aromatic carbocycles. The van der Waals surface area contributed by atoms with Crippen molar-refractivity contribution in [1.82, 2.24) is 4.90 Å². The molecule has 2 fully saturated rings. The normalized spacial score (nSPS) is 24.0. The Bertz CT molecular complexity index is 516. The van der Waals surface area contributed by atoms with Crippen molar-refractivity contribution in [2.24, 2.45) is 5.92 Å². The predicted molar refractivity (Wildman–Crippen MR) is 98.7 cm³/mol. The zero-order chi connectivity index (χ0) is 15.4. The number of benzene rings is 1. The van der Waals surface area contributed by atoms with Gasteiger partial charge in [0.1, 0.15) is 0 Å². The Labute approximate surface area is 143 Å². The first kappa shape index (κ1) is 16.1. The molecule has 1 saturated carbocycles. The van der Waals surface area contributed by atoms with Crippen molar-refractivity contribution in [3.05, 3.63) is 40.5 Å². The van der Waals surface area contributed by atoms with Gasteiger partial charge < -0.3 is 4.90 Å². The Kier molecular flexibility index (Phi) is 5.62. The first-order valence-electron chi connectivity index (χ1n) is 8.92. The molecule has 2 heteroatoms. The van der Waals surface area contributed by atoms with E-state index in [-0.39, 0.29) is 0 Å². The Morgan fingerprint density at radius 2 is 2.00 bits per heavy atom. The fourth-order valence-electron chi connectivity index (χ4n) is 4.15. The lowest BCUT2D eigenvalue weighted by Crippen LogP contribution is -2.27. The maximum Gasteiger partial charge on any atom is 0.0287 e. The molecular weight excluding hydrogens is 334 g/mol. The maximum absolute atomic E-state index is 3.58. The van der Waals surface area contributed by atoms with Gasteiger partial charge in [-0.15, -0.1) is 0 Å². The van der Waals surface area contributed by atoms with Crippen molar-refractivity contribution in [2.75, 3.05) is 6.54 Å². The van der Waals surface area contributed by atoms with E-state index in [1.54, 1.807) is 0 Å². The molecule has 1 nitrogen and oxygen atoms in total. The van der Waals surface area contributed by atoms with Crippen LogP contribution >= 0.6 is 15.9 Å². The molecule has 2 aliphatic rings. The largest absolute Gasteiger partial charge is 0.374 e. The van der Waals surface area contributed by atoms with Crippen molar-refractivity contribution in [2.45, 2.75) is 64.3 Å². The Hall–Kier alpha value is -0.760. The second-order valence-corrected chi connectivity index (χ2v) is 8.01. The molecule has 22 heavy (non-hydrogen) atoms. The van der Waals surface area contributed by atoms with Gasteiger partial charge >= 0.3 is 0 Å². The van der Waals surface area contributed by atoms with E-state index in [1.807, 2.05) is 0 Å². The standard InChI is InChI=1S/C20H28BrN/c1-16(18-9-5-10-19(21)14-18)15-22-12-6-11-20(22)13-17-7-3-2-4-8-17/h5,9-10,14-15,17,20H,2-4,6-8,11-13H2,1H3. The molecular formula is C20H28BrN. The van der Waals surface area contributed by atoms with Gasteiger partial charge in [0, 0.05) is 23.3 Å². The average molecular weight is 362 g/mol. The van der Waals surface area contributed by atoms with E-state index in [9.17, 15) is 0 Å². The molecule has 120 valence electrons. The number of hydrogen-bond donors (Lipinski definition) is 0. The van der Waals surface area contributed by atoms with Crippen LogP contribution in [0.4, 0.5) is 0 Å². The minimum Gasteiger partial charge on any atom is -0.374 e. The molecule has 1 unspecified atom stereocenters. The minimum absolute atomic E-state index is 0.783. The summed E-state index contributed by atoms with van der Waals surface area (Å²) in [4.78, 5) is 2.63. The van der Waals surface area contributed by atoms with Gasteiger partial charge in [0.2, 0.25) is 0 Å². The minimum atomic E-state index is 0.783. The Balaban J connectivity index is 1.65. The number of nitrogens with zero attached hydrogens (tertiary/aromatic N) is 1. The summed E-state index contributed by atoms with van der Waals surface area (Å²) < 4.78 is 1.16. The average Bonchev–Trinajstić information content (AvgIpc) is 2.95. The summed E-state index contributed by atoms with van der Waals surface area (Å²) in [7, 11) is 0. The number of hydrogen-bond acceptors (Lipinski definition) is 1. The van der Waals surface area contributed by atoms with Crippen molar-refractivity contribution in [1.29, 1.82) is 0 Å². The van der Waals surface area contributed by atoms with E-state index in [2.05, 4.69) is 58.2 Å². The smallest absolute Gasteiger partial charge is 0.0287 e.